The normalized spacial score (nSPS) is 26.7. The van der Waals surface area contributed by atoms with Crippen molar-refractivity contribution in [3.05, 3.63) is 62.7 Å². The number of nitrogens with zero attached hydrogens (tertiary/aromatic N) is 2. The van der Waals surface area contributed by atoms with Crippen molar-refractivity contribution in [3.8, 4) is 0 Å². The number of imide groups is 1. The number of halogens is 1. The number of carbonyl (C=O) groups excluding carboxylic acids is 4. The zero-order chi connectivity index (χ0) is 25.2. The number of primary amides is 1. The summed E-state index contributed by atoms with van der Waals surface area (Å²) in [7, 11) is 0. The van der Waals surface area contributed by atoms with E-state index in [-0.39, 0.29) is 24.2 Å². The molecule has 180 valence electrons. The van der Waals surface area contributed by atoms with Crippen molar-refractivity contribution in [1.82, 2.24) is 0 Å². The lowest BCUT2D eigenvalue weighted by Gasteiger charge is -2.26. The van der Waals surface area contributed by atoms with Crippen LogP contribution in [0.1, 0.15) is 24.0 Å². The Bertz CT molecular complexity index is 1350. The van der Waals surface area contributed by atoms with Gasteiger partial charge in [-0.25, -0.2) is 4.90 Å². The number of anilines is 2. The Morgan fingerprint density at radius 1 is 1.26 bits per heavy atom. The number of amides is 4. The van der Waals surface area contributed by atoms with Crippen LogP contribution in [-0.4, -0.2) is 34.6 Å². The molecule has 2 saturated heterocycles. The summed E-state index contributed by atoms with van der Waals surface area (Å²) in [5.41, 5.74) is 5.31. The number of nitro benzene ring substituents is 1. The number of nitrogens with two attached hydrogens (primary N) is 2. The predicted molar refractivity (Wildman–Crippen MR) is 123 cm³/mol. The van der Waals surface area contributed by atoms with Crippen LogP contribution in [0.4, 0.5) is 17.1 Å². The number of hydrogen-bond acceptors (Lipinski definition) is 6. The Hall–Kier alpha value is -3.83. The third-order valence-corrected chi connectivity index (χ3v) is 7.67. The summed E-state index contributed by atoms with van der Waals surface area (Å²) in [4.78, 5) is 64.1. The van der Waals surface area contributed by atoms with Crippen LogP contribution in [0.2, 0.25) is 5.02 Å². The Balaban J connectivity index is 1.66. The van der Waals surface area contributed by atoms with Crippen LogP contribution in [0.15, 0.2) is 36.4 Å². The largest absolute Gasteiger partial charge is 0.370 e. The molecular formula is C23H21ClN5O6+. The fraction of sp³-hybridized carbons (Fsp3) is 0.304. The Morgan fingerprint density at radius 3 is 2.69 bits per heavy atom. The number of rotatable bonds is 5. The summed E-state index contributed by atoms with van der Waals surface area (Å²) in [5, 5.41) is 16.2. The van der Waals surface area contributed by atoms with Gasteiger partial charge >= 0.3 is 0 Å². The Morgan fingerprint density at radius 2 is 2.00 bits per heavy atom. The van der Waals surface area contributed by atoms with Gasteiger partial charge in [0.25, 0.3) is 11.6 Å². The van der Waals surface area contributed by atoms with Crippen molar-refractivity contribution >= 4 is 52.3 Å². The lowest BCUT2D eigenvalue weighted by Crippen LogP contribution is -2.99. The number of nitrogens with one attached hydrogen (secondary N) is 1. The molecule has 2 fully saturated rings. The fourth-order valence-electron chi connectivity index (χ4n) is 5.72. The highest BCUT2D eigenvalue weighted by Gasteiger charge is 2.74. The number of benzene rings is 2. The maximum atomic E-state index is 13.8. The number of non-ortho nitro benzene ring substituents is 1. The van der Waals surface area contributed by atoms with E-state index in [1.165, 1.54) is 18.2 Å². The highest BCUT2D eigenvalue weighted by atomic mass is 35.5. The molecule has 5 N–H and O–H groups in total. The SMILES string of the molecule is Cc1c(Cl)ccc2c1NC(=O)[C@]21[NH2+][C@H](CCC(N)=O)[C@H]2C(=O)N(c3cccc([N+](=O)[O-])c3)C(=O)[C@H]21. The van der Waals surface area contributed by atoms with E-state index in [1.54, 1.807) is 24.4 Å². The molecule has 0 bridgehead atoms. The second-order valence-electron chi connectivity index (χ2n) is 9.05. The summed E-state index contributed by atoms with van der Waals surface area (Å²) < 4.78 is 0. The smallest absolute Gasteiger partial charge is 0.291 e. The number of hydrogen-bond donors (Lipinski definition) is 3. The standard InChI is InChI=1S/C23H20ClN5O6/c1-10-14(24)6-5-13-19(10)26-22(33)23(13)18-17(15(27-23)7-8-16(25)30)20(31)28(21(18)32)11-3-2-4-12(9-11)29(34)35/h2-6,9,15,17-18,27H,7-8H2,1H3,(H2,25,30)(H,26,33)/p+1/t15-,17-,18+,23+/m1/s1. The molecule has 0 aromatic heterocycles. The molecule has 3 heterocycles. The molecule has 4 amide bonds. The third kappa shape index (κ3) is 3.15. The van der Waals surface area contributed by atoms with E-state index in [0.29, 0.717) is 21.8 Å². The highest BCUT2D eigenvalue weighted by Crippen LogP contribution is 2.51. The topological polar surface area (TPSA) is 169 Å². The van der Waals surface area contributed by atoms with E-state index in [2.05, 4.69) is 5.32 Å². The van der Waals surface area contributed by atoms with Gasteiger partial charge in [0.15, 0.2) is 0 Å². The van der Waals surface area contributed by atoms with Gasteiger partial charge in [0, 0.05) is 35.6 Å². The third-order valence-electron chi connectivity index (χ3n) is 7.26. The summed E-state index contributed by atoms with van der Waals surface area (Å²) in [6, 6.07) is 7.94. The first-order valence-corrected chi connectivity index (χ1v) is 11.3. The zero-order valence-corrected chi connectivity index (χ0v) is 19.2. The van der Waals surface area contributed by atoms with Gasteiger partial charge in [-0.2, -0.15) is 0 Å². The van der Waals surface area contributed by atoms with Crippen molar-refractivity contribution in [2.75, 3.05) is 10.2 Å². The van der Waals surface area contributed by atoms with Crippen LogP contribution >= 0.6 is 11.6 Å². The van der Waals surface area contributed by atoms with E-state index in [1.807, 2.05) is 0 Å². The molecule has 35 heavy (non-hydrogen) atoms. The fourth-order valence-corrected chi connectivity index (χ4v) is 5.88. The van der Waals surface area contributed by atoms with Gasteiger partial charge in [0.2, 0.25) is 23.3 Å². The van der Waals surface area contributed by atoms with Crippen LogP contribution in [0, 0.1) is 28.9 Å². The number of fused-ring (bicyclic) bond motifs is 4. The molecule has 12 heteroatoms. The number of nitro groups is 1. The average molecular weight is 499 g/mol. The molecule has 2 aromatic rings. The molecule has 3 aliphatic heterocycles. The second kappa shape index (κ2) is 7.85. The van der Waals surface area contributed by atoms with Crippen LogP contribution in [-0.2, 0) is 24.7 Å². The molecule has 0 saturated carbocycles. The first-order chi connectivity index (χ1) is 16.6. The Labute approximate surface area is 203 Å². The summed E-state index contributed by atoms with van der Waals surface area (Å²) in [5.74, 6) is -4.26. The molecular weight excluding hydrogens is 478 g/mol. The molecule has 0 unspecified atom stereocenters. The van der Waals surface area contributed by atoms with Crippen molar-refractivity contribution in [2.45, 2.75) is 31.3 Å². The first-order valence-electron chi connectivity index (χ1n) is 11.0. The van der Waals surface area contributed by atoms with Gasteiger partial charge in [-0.05, 0) is 30.7 Å². The average Bonchev–Trinajstić information content (AvgIpc) is 3.40. The van der Waals surface area contributed by atoms with Gasteiger partial charge in [-0.1, -0.05) is 17.7 Å². The van der Waals surface area contributed by atoms with Crippen molar-refractivity contribution in [1.29, 1.82) is 0 Å². The van der Waals surface area contributed by atoms with Crippen molar-refractivity contribution in [2.24, 2.45) is 17.6 Å². The van der Waals surface area contributed by atoms with Gasteiger partial charge in [-0.3, -0.25) is 29.3 Å². The van der Waals surface area contributed by atoms with Crippen LogP contribution in [0.3, 0.4) is 0 Å². The van der Waals surface area contributed by atoms with E-state index in [9.17, 15) is 29.3 Å². The van der Waals surface area contributed by atoms with Crippen LogP contribution < -0.4 is 21.3 Å². The van der Waals surface area contributed by atoms with Crippen LogP contribution in [0.5, 0.6) is 0 Å². The summed E-state index contributed by atoms with van der Waals surface area (Å²) >= 11 is 6.26. The lowest BCUT2D eigenvalue weighted by atomic mass is 9.76. The van der Waals surface area contributed by atoms with Crippen LogP contribution in [0.25, 0.3) is 0 Å². The Kier molecular flexibility index (Phi) is 5.15. The van der Waals surface area contributed by atoms with Crippen molar-refractivity contribution < 1.29 is 29.4 Å². The predicted octanol–water partition coefficient (Wildman–Crippen LogP) is 0.721. The maximum absolute atomic E-state index is 13.8. The minimum Gasteiger partial charge on any atom is -0.370 e. The molecule has 4 atom stereocenters. The minimum absolute atomic E-state index is 0.0349. The molecule has 11 nitrogen and oxygen atoms in total. The monoisotopic (exact) mass is 498 g/mol. The molecule has 0 radical (unpaired) electrons. The number of quaternary nitrogens is 1. The quantitative estimate of drug-likeness (QED) is 0.311. The molecule has 3 aliphatic rings. The highest BCUT2D eigenvalue weighted by molar-refractivity contribution is 6.32. The zero-order valence-electron chi connectivity index (χ0n) is 18.5. The molecule has 1 spiro atoms. The number of carbonyl (C=O) groups is 4. The first kappa shape index (κ1) is 22.9. The van der Waals surface area contributed by atoms with Gasteiger partial charge < -0.3 is 16.4 Å². The second-order valence-corrected chi connectivity index (χ2v) is 9.45. The van der Waals surface area contributed by atoms with E-state index in [0.717, 1.165) is 11.0 Å². The molecule has 0 aliphatic carbocycles. The van der Waals surface area contributed by atoms with Gasteiger partial charge in [0.05, 0.1) is 16.3 Å². The van der Waals surface area contributed by atoms with Crippen molar-refractivity contribution in [3.63, 3.8) is 0 Å². The van der Waals surface area contributed by atoms with E-state index >= 15 is 0 Å². The molecule has 2 aromatic carbocycles. The van der Waals surface area contributed by atoms with Gasteiger partial charge in [-0.15, -0.1) is 0 Å². The molecule has 5 rings (SSSR count). The summed E-state index contributed by atoms with van der Waals surface area (Å²) in [6.07, 6.45) is 0.141. The van der Waals surface area contributed by atoms with Gasteiger partial charge in [0.1, 0.15) is 17.9 Å². The van der Waals surface area contributed by atoms with E-state index in [4.69, 9.17) is 17.3 Å². The maximum Gasteiger partial charge on any atom is 0.291 e. The summed E-state index contributed by atoms with van der Waals surface area (Å²) in [6.45, 7) is 1.74. The minimum atomic E-state index is -1.46. The lowest BCUT2D eigenvalue weighted by molar-refractivity contribution is -0.733. The van der Waals surface area contributed by atoms with E-state index < -0.39 is 52.0 Å².